The monoisotopic (exact) mass is 138 g/mol. The summed E-state index contributed by atoms with van der Waals surface area (Å²) in [5, 5.41) is 0. The van der Waals surface area contributed by atoms with Crippen LogP contribution in [0.15, 0.2) is 12.2 Å². The molecule has 0 aromatic carbocycles. The summed E-state index contributed by atoms with van der Waals surface area (Å²) < 4.78 is 0. The highest BCUT2D eigenvalue weighted by Crippen LogP contribution is 2.33. The molecule has 58 valence electrons. The zero-order valence-corrected chi connectivity index (χ0v) is 7.19. The smallest absolute Gasteiger partial charge is 0.0232 e. The summed E-state index contributed by atoms with van der Waals surface area (Å²) in [6.45, 7) is 8.67. The summed E-state index contributed by atoms with van der Waals surface area (Å²) in [4.78, 5) is 0. The fourth-order valence-corrected chi connectivity index (χ4v) is 1.79. The predicted octanol–water partition coefficient (Wildman–Crippen LogP) is 3.39. The lowest BCUT2D eigenvalue weighted by Gasteiger charge is -2.27. The maximum atomic E-state index is 4.06. The number of rotatable bonds is 1. The summed E-state index contributed by atoms with van der Waals surface area (Å²) in [5.74, 6) is 1.78. The highest BCUT2D eigenvalue weighted by atomic mass is 14.2. The third-order valence-electron chi connectivity index (χ3n) is 2.83. The molecule has 0 aliphatic heterocycles. The summed E-state index contributed by atoms with van der Waals surface area (Å²) in [5.41, 5.74) is 1.48. The SMILES string of the molecule is C=C1CC[C@@H](CC)C[C@H]1C. The van der Waals surface area contributed by atoms with E-state index < -0.39 is 0 Å². The van der Waals surface area contributed by atoms with Gasteiger partial charge >= 0.3 is 0 Å². The van der Waals surface area contributed by atoms with Crippen LogP contribution in [0.4, 0.5) is 0 Å². The van der Waals surface area contributed by atoms with E-state index in [4.69, 9.17) is 0 Å². The van der Waals surface area contributed by atoms with Crippen molar-refractivity contribution >= 4 is 0 Å². The molecule has 0 heteroatoms. The molecule has 1 fully saturated rings. The maximum absolute atomic E-state index is 4.06. The molecule has 0 spiro atoms. The van der Waals surface area contributed by atoms with Crippen molar-refractivity contribution in [1.29, 1.82) is 0 Å². The minimum Gasteiger partial charge on any atom is -0.0996 e. The predicted molar refractivity (Wildman–Crippen MR) is 45.9 cm³/mol. The molecule has 0 heterocycles. The van der Waals surface area contributed by atoms with E-state index in [9.17, 15) is 0 Å². The van der Waals surface area contributed by atoms with Gasteiger partial charge in [0.15, 0.2) is 0 Å². The molecule has 0 saturated heterocycles. The van der Waals surface area contributed by atoms with E-state index in [0.29, 0.717) is 0 Å². The molecule has 1 rings (SSSR count). The summed E-state index contributed by atoms with van der Waals surface area (Å²) in [7, 11) is 0. The Balaban J connectivity index is 2.40. The van der Waals surface area contributed by atoms with Crippen LogP contribution in [-0.2, 0) is 0 Å². The van der Waals surface area contributed by atoms with Crippen LogP contribution in [0.2, 0.25) is 0 Å². The summed E-state index contributed by atoms with van der Waals surface area (Å²) >= 11 is 0. The van der Waals surface area contributed by atoms with Crippen LogP contribution in [-0.4, -0.2) is 0 Å². The largest absolute Gasteiger partial charge is 0.0996 e. The third-order valence-corrected chi connectivity index (χ3v) is 2.83. The standard InChI is InChI=1S/C10H18/c1-4-10-6-5-8(2)9(3)7-10/h9-10H,2,4-7H2,1,3H3/t9-,10-/m1/s1. The van der Waals surface area contributed by atoms with Gasteiger partial charge in [-0.1, -0.05) is 32.4 Å². The summed E-state index contributed by atoms with van der Waals surface area (Å²) in [6, 6.07) is 0. The topological polar surface area (TPSA) is 0 Å². The van der Waals surface area contributed by atoms with Gasteiger partial charge in [0.25, 0.3) is 0 Å². The molecule has 0 aromatic rings. The molecule has 1 aliphatic carbocycles. The van der Waals surface area contributed by atoms with Crippen molar-refractivity contribution < 1.29 is 0 Å². The van der Waals surface area contributed by atoms with Gasteiger partial charge in [0.1, 0.15) is 0 Å². The van der Waals surface area contributed by atoms with Gasteiger partial charge in [0.2, 0.25) is 0 Å². The first kappa shape index (κ1) is 7.84. The lowest BCUT2D eigenvalue weighted by Crippen LogP contribution is -2.14. The average Bonchev–Trinajstić information content (AvgIpc) is 1.95. The zero-order valence-electron chi connectivity index (χ0n) is 7.19. The Kier molecular flexibility index (Phi) is 2.53. The Bertz CT molecular complexity index is 124. The van der Waals surface area contributed by atoms with Crippen molar-refractivity contribution in [3.05, 3.63) is 12.2 Å². The van der Waals surface area contributed by atoms with Crippen LogP contribution < -0.4 is 0 Å². The van der Waals surface area contributed by atoms with E-state index in [0.717, 1.165) is 11.8 Å². The molecular formula is C10H18. The van der Waals surface area contributed by atoms with Crippen molar-refractivity contribution in [2.45, 2.75) is 39.5 Å². The Morgan fingerprint density at radius 3 is 2.80 bits per heavy atom. The van der Waals surface area contributed by atoms with Crippen molar-refractivity contribution in [2.24, 2.45) is 11.8 Å². The second kappa shape index (κ2) is 3.23. The fourth-order valence-electron chi connectivity index (χ4n) is 1.79. The van der Waals surface area contributed by atoms with Crippen LogP contribution in [0.5, 0.6) is 0 Å². The van der Waals surface area contributed by atoms with Crippen molar-refractivity contribution in [2.75, 3.05) is 0 Å². The molecule has 1 aliphatic rings. The van der Waals surface area contributed by atoms with E-state index in [1.807, 2.05) is 0 Å². The van der Waals surface area contributed by atoms with Crippen LogP contribution in [0, 0.1) is 11.8 Å². The molecule has 0 aromatic heterocycles. The number of hydrogen-bond acceptors (Lipinski definition) is 0. The molecule has 2 atom stereocenters. The lowest BCUT2D eigenvalue weighted by atomic mass is 9.78. The average molecular weight is 138 g/mol. The van der Waals surface area contributed by atoms with Gasteiger partial charge in [-0.3, -0.25) is 0 Å². The van der Waals surface area contributed by atoms with Crippen LogP contribution in [0.25, 0.3) is 0 Å². The second-order valence-corrected chi connectivity index (χ2v) is 3.61. The normalized spacial score (nSPS) is 34.4. The van der Waals surface area contributed by atoms with E-state index in [-0.39, 0.29) is 0 Å². The molecule has 0 N–H and O–H groups in total. The van der Waals surface area contributed by atoms with Gasteiger partial charge in [-0.05, 0) is 31.1 Å². The molecule has 0 bridgehead atoms. The first-order chi connectivity index (χ1) is 4.74. The lowest BCUT2D eigenvalue weighted by molar-refractivity contribution is 0.338. The molecule has 0 amide bonds. The zero-order chi connectivity index (χ0) is 7.56. The quantitative estimate of drug-likeness (QED) is 0.487. The Morgan fingerprint density at radius 1 is 1.60 bits per heavy atom. The second-order valence-electron chi connectivity index (χ2n) is 3.61. The molecule has 0 unspecified atom stereocenters. The summed E-state index contributed by atoms with van der Waals surface area (Å²) in [6.07, 6.45) is 5.41. The third kappa shape index (κ3) is 1.62. The van der Waals surface area contributed by atoms with Crippen molar-refractivity contribution in [3.8, 4) is 0 Å². The van der Waals surface area contributed by atoms with Crippen LogP contribution >= 0.6 is 0 Å². The molecule has 0 nitrogen and oxygen atoms in total. The van der Waals surface area contributed by atoms with E-state index >= 15 is 0 Å². The van der Waals surface area contributed by atoms with E-state index in [1.165, 1.54) is 31.3 Å². The minimum absolute atomic E-state index is 0.790. The van der Waals surface area contributed by atoms with Gasteiger partial charge in [-0.15, -0.1) is 0 Å². The Labute approximate surface area is 64.3 Å². The van der Waals surface area contributed by atoms with Crippen molar-refractivity contribution in [1.82, 2.24) is 0 Å². The fraction of sp³-hybridized carbons (Fsp3) is 0.800. The highest BCUT2D eigenvalue weighted by Gasteiger charge is 2.19. The van der Waals surface area contributed by atoms with Gasteiger partial charge in [0.05, 0.1) is 0 Å². The number of hydrogen-bond donors (Lipinski definition) is 0. The Hall–Kier alpha value is -0.260. The number of allylic oxidation sites excluding steroid dienone is 1. The first-order valence-corrected chi connectivity index (χ1v) is 4.41. The Morgan fingerprint density at radius 2 is 2.30 bits per heavy atom. The molecule has 1 saturated carbocycles. The molecular weight excluding hydrogens is 120 g/mol. The highest BCUT2D eigenvalue weighted by molar-refractivity contribution is 5.02. The minimum atomic E-state index is 0.790. The van der Waals surface area contributed by atoms with E-state index in [2.05, 4.69) is 20.4 Å². The van der Waals surface area contributed by atoms with Gasteiger partial charge in [0, 0.05) is 0 Å². The van der Waals surface area contributed by atoms with Gasteiger partial charge in [-0.2, -0.15) is 0 Å². The van der Waals surface area contributed by atoms with Gasteiger partial charge in [-0.25, -0.2) is 0 Å². The van der Waals surface area contributed by atoms with Crippen molar-refractivity contribution in [3.63, 3.8) is 0 Å². The van der Waals surface area contributed by atoms with Crippen LogP contribution in [0.3, 0.4) is 0 Å². The van der Waals surface area contributed by atoms with Crippen LogP contribution in [0.1, 0.15) is 39.5 Å². The van der Waals surface area contributed by atoms with E-state index in [1.54, 1.807) is 0 Å². The molecule has 10 heavy (non-hydrogen) atoms. The first-order valence-electron chi connectivity index (χ1n) is 4.41. The van der Waals surface area contributed by atoms with Gasteiger partial charge < -0.3 is 0 Å². The molecule has 0 radical (unpaired) electrons. The maximum Gasteiger partial charge on any atom is -0.0232 e.